The van der Waals surface area contributed by atoms with Crippen molar-refractivity contribution in [3.63, 3.8) is 0 Å². The Kier molecular flexibility index (Phi) is 5.46. The number of carbonyl (C=O) groups is 1. The van der Waals surface area contributed by atoms with E-state index in [1.54, 1.807) is 0 Å². The van der Waals surface area contributed by atoms with Gasteiger partial charge in [0.1, 0.15) is 0 Å². The summed E-state index contributed by atoms with van der Waals surface area (Å²) in [5.41, 5.74) is -1.22. The number of alkyl halides is 3. The number of carboxylic acid groups (broad SMARTS) is 1. The number of rotatable bonds is 4. The van der Waals surface area contributed by atoms with Gasteiger partial charge in [0.2, 0.25) is 10.0 Å². The molecule has 1 aromatic carbocycles. The fraction of sp³-hybridized carbons (Fsp3) is 0.500. The molecule has 0 heterocycles. The van der Waals surface area contributed by atoms with Crippen LogP contribution in [0.2, 0.25) is 5.02 Å². The smallest absolute Gasteiger partial charge is 0.417 e. The van der Waals surface area contributed by atoms with Crippen molar-refractivity contribution in [3.05, 3.63) is 28.8 Å². The van der Waals surface area contributed by atoms with E-state index >= 15 is 0 Å². The Balaban J connectivity index is 2.16. The number of hydrogen-bond donors (Lipinski definition) is 2. The first-order valence-electron chi connectivity index (χ1n) is 7.12. The second kappa shape index (κ2) is 6.89. The quantitative estimate of drug-likeness (QED) is 0.833. The van der Waals surface area contributed by atoms with Crippen LogP contribution in [-0.4, -0.2) is 25.5 Å². The van der Waals surface area contributed by atoms with Crippen LogP contribution >= 0.6 is 11.6 Å². The van der Waals surface area contributed by atoms with Crippen LogP contribution in [0.5, 0.6) is 0 Å². The number of hydrogen-bond acceptors (Lipinski definition) is 3. The van der Waals surface area contributed by atoms with Crippen LogP contribution in [0, 0.1) is 5.92 Å². The van der Waals surface area contributed by atoms with E-state index in [4.69, 9.17) is 16.7 Å². The molecule has 0 bridgehead atoms. The van der Waals surface area contributed by atoms with Crippen LogP contribution in [-0.2, 0) is 21.0 Å². The zero-order valence-electron chi connectivity index (χ0n) is 12.3. The van der Waals surface area contributed by atoms with Crippen LogP contribution in [0.15, 0.2) is 23.1 Å². The highest BCUT2D eigenvalue weighted by Gasteiger charge is 2.35. The molecule has 10 heteroatoms. The SMILES string of the molecule is O=C(O)C1CCC(NS(=O)(=O)c2ccc(Cl)c(C(F)(F)F)c2)CC1. The van der Waals surface area contributed by atoms with Crippen molar-refractivity contribution in [1.82, 2.24) is 4.72 Å². The molecule has 0 radical (unpaired) electrons. The van der Waals surface area contributed by atoms with E-state index in [1.807, 2.05) is 0 Å². The molecular weight excluding hydrogens is 371 g/mol. The highest BCUT2D eigenvalue weighted by atomic mass is 35.5. The van der Waals surface area contributed by atoms with Crippen LogP contribution < -0.4 is 4.72 Å². The summed E-state index contributed by atoms with van der Waals surface area (Å²) < 4.78 is 65.4. The van der Waals surface area contributed by atoms with Gasteiger partial charge < -0.3 is 5.11 Å². The van der Waals surface area contributed by atoms with E-state index in [0.717, 1.165) is 12.1 Å². The van der Waals surface area contributed by atoms with Crippen LogP contribution in [0.1, 0.15) is 31.2 Å². The predicted octanol–water partition coefficient (Wildman–Crippen LogP) is 3.28. The Morgan fingerprint density at radius 3 is 2.29 bits per heavy atom. The molecule has 1 fully saturated rings. The maximum absolute atomic E-state index is 12.8. The number of halogens is 4. The molecular formula is C14H15ClF3NO4S. The van der Waals surface area contributed by atoms with Gasteiger partial charge in [-0.15, -0.1) is 0 Å². The lowest BCUT2D eigenvalue weighted by atomic mass is 9.87. The second-order valence-electron chi connectivity index (χ2n) is 5.65. The molecule has 134 valence electrons. The molecule has 0 aromatic heterocycles. The molecule has 2 N–H and O–H groups in total. The van der Waals surface area contributed by atoms with Crippen LogP contribution in [0.25, 0.3) is 0 Å². The van der Waals surface area contributed by atoms with E-state index in [0.29, 0.717) is 31.7 Å². The zero-order chi connectivity index (χ0) is 18.1. The summed E-state index contributed by atoms with van der Waals surface area (Å²) in [6, 6.07) is 1.88. The highest BCUT2D eigenvalue weighted by molar-refractivity contribution is 7.89. The Labute approximate surface area is 141 Å². The molecule has 5 nitrogen and oxygen atoms in total. The molecule has 0 amide bonds. The number of nitrogens with one attached hydrogen (secondary N) is 1. The molecule has 1 aromatic rings. The molecule has 0 aliphatic heterocycles. The summed E-state index contributed by atoms with van der Waals surface area (Å²) in [6.45, 7) is 0. The van der Waals surface area contributed by atoms with Crippen LogP contribution in [0.3, 0.4) is 0 Å². The largest absolute Gasteiger partial charge is 0.481 e. The minimum atomic E-state index is -4.76. The first-order valence-corrected chi connectivity index (χ1v) is 8.98. The van der Waals surface area contributed by atoms with Gasteiger partial charge in [-0.3, -0.25) is 4.79 Å². The Hall–Kier alpha value is -1.32. The molecule has 0 unspecified atom stereocenters. The van der Waals surface area contributed by atoms with Gasteiger partial charge in [0, 0.05) is 6.04 Å². The first kappa shape index (κ1) is 19.0. The average molecular weight is 386 g/mol. The van der Waals surface area contributed by atoms with Gasteiger partial charge in [-0.1, -0.05) is 11.6 Å². The molecule has 1 aliphatic carbocycles. The molecule has 2 rings (SSSR count). The van der Waals surface area contributed by atoms with Gasteiger partial charge in [0.25, 0.3) is 0 Å². The number of benzene rings is 1. The van der Waals surface area contributed by atoms with Crippen molar-refractivity contribution in [3.8, 4) is 0 Å². The summed E-state index contributed by atoms with van der Waals surface area (Å²) in [6.07, 6.45) is -3.50. The number of aliphatic carboxylic acids is 1. The van der Waals surface area contributed by atoms with Crippen molar-refractivity contribution in [1.29, 1.82) is 0 Å². The summed E-state index contributed by atoms with van der Waals surface area (Å²) in [5, 5.41) is 8.33. The molecule has 1 saturated carbocycles. The molecule has 1 aliphatic rings. The van der Waals surface area contributed by atoms with E-state index < -0.39 is 49.6 Å². The van der Waals surface area contributed by atoms with Crippen molar-refractivity contribution in [2.45, 2.75) is 42.8 Å². The lowest BCUT2D eigenvalue weighted by molar-refractivity contribution is -0.143. The standard InChI is InChI=1S/C14H15ClF3NO4S/c15-12-6-5-10(7-11(12)14(16,17)18)24(22,23)19-9-3-1-8(2-4-9)13(20)21/h5-9,19H,1-4H2,(H,20,21). The minimum absolute atomic E-state index is 0.315. The number of sulfonamides is 1. The predicted molar refractivity (Wildman–Crippen MR) is 80.2 cm³/mol. The van der Waals surface area contributed by atoms with Crippen molar-refractivity contribution >= 4 is 27.6 Å². The van der Waals surface area contributed by atoms with Crippen molar-refractivity contribution in [2.75, 3.05) is 0 Å². The van der Waals surface area contributed by atoms with Crippen molar-refractivity contribution in [2.24, 2.45) is 5.92 Å². The van der Waals surface area contributed by atoms with Gasteiger partial charge in [-0.05, 0) is 43.9 Å². The van der Waals surface area contributed by atoms with Gasteiger partial charge in [-0.2, -0.15) is 13.2 Å². The van der Waals surface area contributed by atoms with E-state index in [1.165, 1.54) is 0 Å². The van der Waals surface area contributed by atoms with E-state index in [9.17, 15) is 26.4 Å². The fourth-order valence-electron chi connectivity index (χ4n) is 2.63. The van der Waals surface area contributed by atoms with Gasteiger partial charge in [0.05, 0.1) is 21.4 Å². The monoisotopic (exact) mass is 385 g/mol. The summed E-state index contributed by atoms with van der Waals surface area (Å²) in [4.78, 5) is 10.3. The second-order valence-corrected chi connectivity index (χ2v) is 7.77. The molecule has 0 saturated heterocycles. The molecule has 0 spiro atoms. The van der Waals surface area contributed by atoms with Crippen molar-refractivity contribution < 1.29 is 31.5 Å². The lowest BCUT2D eigenvalue weighted by Gasteiger charge is -2.26. The van der Waals surface area contributed by atoms with Gasteiger partial charge in [-0.25, -0.2) is 13.1 Å². The van der Waals surface area contributed by atoms with Gasteiger partial charge >= 0.3 is 12.1 Å². The Morgan fingerprint density at radius 1 is 1.21 bits per heavy atom. The van der Waals surface area contributed by atoms with Gasteiger partial charge in [0.15, 0.2) is 0 Å². The Morgan fingerprint density at radius 2 is 1.79 bits per heavy atom. The molecule has 24 heavy (non-hydrogen) atoms. The topological polar surface area (TPSA) is 83.5 Å². The maximum atomic E-state index is 12.8. The lowest BCUT2D eigenvalue weighted by Crippen LogP contribution is -2.38. The Bertz CT molecular complexity index is 728. The highest BCUT2D eigenvalue weighted by Crippen LogP contribution is 2.36. The van der Waals surface area contributed by atoms with E-state index in [-0.39, 0.29) is 0 Å². The zero-order valence-corrected chi connectivity index (χ0v) is 13.9. The third-order valence-corrected chi connectivity index (χ3v) is 5.80. The average Bonchev–Trinajstić information content (AvgIpc) is 2.46. The third kappa shape index (κ3) is 4.40. The summed E-state index contributed by atoms with van der Waals surface area (Å²) in [5.74, 6) is -1.44. The summed E-state index contributed by atoms with van der Waals surface area (Å²) >= 11 is 5.48. The molecule has 0 atom stereocenters. The third-order valence-electron chi connectivity index (χ3n) is 3.95. The first-order chi connectivity index (χ1) is 11.0. The van der Waals surface area contributed by atoms with E-state index in [2.05, 4.69) is 4.72 Å². The maximum Gasteiger partial charge on any atom is 0.417 e. The number of carboxylic acids is 1. The summed E-state index contributed by atoms with van der Waals surface area (Å²) in [7, 11) is -4.15. The fourth-order valence-corrected chi connectivity index (χ4v) is 4.19. The van der Waals surface area contributed by atoms with Crippen LogP contribution in [0.4, 0.5) is 13.2 Å². The minimum Gasteiger partial charge on any atom is -0.481 e. The normalized spacial score (nSPS) is 22.3.